The molecule has 0 N–H and O–H groups in total. The molecule has 0 saturated heterocycles. The third-order valence-corrected chi connectivity index (χ3v) is 39.7. The third kappa shape index (κ3) is 8.74. The van der Waals surface area contributed by atoms with Crippen LogP contribution < -0.4 is 0 Å². The molecule has 6 rings (SSSR count). The van der Waals surface area contributed by atoms with E-state index in [1.807, 2.05) is 0 Å². The number of rotatable bonds is 14. The zero-order valence-corrected chi connectivity index (χ0v) is 43.5. The number of nitrogens with zero attached hydrogens (tertiary/aromatic N) is 1. The van der Waals surface area contributed by atoms with Crippen molar-refractivity contribution in [2.24, 2.45) is 11.8 Å². The molecule has 4 aromatic carbocycles. The van der Waals surface area contributed by atoms with Gasteiger partial charge >= 0.3 is 361 Å². The molecule has 0 radical (unpaired) electrons. The van der Waals surface area contributed by atoms with E-state index in [-0.39, 0.29) is 7.25 Å². The maximum atomic E-state index is 9.28. The van der Waals surface area contributed by atoms with Gasteiger partial charge in [-0.15, -0.1) is 0 Å². The standard InChI is InChI=1S/2C22H25.C6H19BNSi2.2ClH.Zr/c2*1-15(2)12-17-13-18-8-7-11-21(22(18)14-17)20-10-6-5-9-19(20)16(3)4;1-9(2,3)8(7)10(4,5)6;;;/h2*5-11,13-16H,12H2,1-4H3;7H,1-6H3;2*1H;/q;;+1;;;+1/p-2. The monoisotopic (exact) mass is 910 g/mol. The normalized spacial score (nSPS) is 17.9. The van der Waals surface area contributed by atoms with Crippen molar-refractivity contribution < 1.29 is 16.2 Å². The molecule has 0 amide bonds. The Morgan fingerprint density at radius 2 is 0.877 bits per heavy atom. The van der Waals surface area contributed by atoms with Crippen LogP contribution in [0, 0.1) is 11.8 Å². The zero-order valence-electron chi connectivity index (χ0n) is 37.5. The van der Waals surface area contributed by atoms with Gasteiger partial charge in [-0.05, 0) is 0 Å². The molecule has 0 bridgehead atoms. The fraction of sp³-hybridized carbons (Fsp3) is 0.440. The van der Waals surface area contributed by atoms with Crippen molar-refractivity contribution in [3.05, 3.63) is 129 Å². The molecule has 0 aromatic heterocycles. The van der Waals surface area contributed by atoms with E-state index in [9.17, 15) is 17.0 Å². The van der Waals surface area contributed by atoms with Crippen molar-refractivity contribution in [3.63, 3.8) is 0 Å². The summed E-state index contributed by atoms with van der Waals surface area (Å²) < 4.78 is 2.94. The van der Waals surface area contributed by atoms with Gasteiger partial charge < -0.3 is 0 Å². The van der Waals surface area contributed by atoms with Crippen molar-refractivity contribution in [1.82, 2.24) is 4.14 Å². The fourth-order valence-electron chi connectivity index (χ4n) is 10.7. The molecule has 57 heavy (non-hydrogen) atoms. The van der Waals surface area contributed by atoms with Gasteiger partial charge in [0.1, 0.15) is 0 Å². The van der Waals surface area contributed by atoms with E-state index in [1.165, 1.54) is 66.8 Å². The Labute approximate surface area is 358 Å². The minimum absolute atomic E-state index is 0.00773. The Morgan fingerprint density at radius 3 is 1.21 bits per heavy atom. The van der Waals surface area contributed by atoms with E-state index in [0.29, 0.717) is 23.7 Å². The van der Waals surface area contributed by atoms with Crippen LogP contribution >= 0.6 is 17.0 Å². The summed E-state index contributed by atoms with van der Waals surface area (Å²) in [6.45, 7) is 33.9. The molecule has 2 atom stereocenters. The topological polar surface area (TPSA) is 3.24 Å². The molecule has 2 aliphatic carbocycles. The van der Waals surface area contributed by atoms with Crippen LogP contribution in [-0.4, -0.2) is 25.6 Å². The summed E-state index contributed by atoms with van der Waals surface area (Å²) in [6, 6.07) is 32.2. The number of benzene rings is 4. The van der Waals surface area contributed by atoms with Gasteiger partial charge in [0.25, 0.3) is 0 Å². The number of halogens is 2. The minimum atomic E-state index is -5.38. The molecule has 0 spiro atoms. The second-order valence-electron chi connectivity index (χ2n) is 20.9. The number of fused-ring (bicyclic) bond motifs is 2. The van der Waals surface area contributed by atoms with Crippen molar-refractivity contribution in [1.29, 1.82) is 0 Å². The summed E-state index contributed by atoms with van der Waals surface area (Å²) in [5.74, 6) is 1.76. The average molecular weight is 913 g/mol. The van der Waals surface area contributed by atoms with Gasteiger partial charge in [-0.1, -0.05) is 0 Å². The molecular weight excluding hydrogens is 844 g/mol. The van der Waals surface area contributed by atoms with Gasteiger partial charge in [0.15, 0.2) is 0 Å². The summed E-state index contributed by atoms with van der Waals surface area (Å²) >= 11 is -5.38. The summed E-state index contributed by atoms with van der Waals surface area (Å²) in [5.41, 5.74) is 16.4. The molecule has 0 aliphatic heterocycles. The van der Waals surface area contributed by atoms with Crippen LogP contribution in [0.1, 0.15) is 121 Å². The van der Waals surface area contributed by atoms with Gasteiger partial charge in [-0.3, -0.25) is 0 Å². The van der Waals surface area contributed by atoms with Gasteiger partial charge in [0, 0.05) is 0 Å². The molecule has 0 saturated carbocycles. The molecule has 1 nitrogen and oxygen atoms in total. The van der Waals surface area contributed by atoms with E-state index in [2.05, 4.69) is 196 Å². The summed E-state index contributed by atoms with van der Waals surface area (Å²) in [6.07, 6.45) is 7.10. The van der Waals surface area contributed by atoms with Crippen molar-refractivity contribution in [3.8, 4) is 22.3 Å². The predicted octanol–water partition coefficient (Wildman–Crippen LogP) is 16.2. The second kappa shape index (κ2) is 16.6. The van der Waals surface area contributed by atoms with Crippen LogP contribution in [0.3, 0.4) is 0 Å². The second-order valence-corrected chi connectivity index (χ2v) is 53.0. The quantitative estimate of drug-likeness (QED) is 0.114. The molecule has 0 heterocycles. The third-order valence-electron chi connectivity index (χ3n) is 12.6. The Bertz CT molecular complexity index is 2040. The number of hydrogen-bond donors (Lipinski definition) is 0. The van der Waals surface area contributed by atoms with E-state index < -0.39 is 32.6 Å². The first-order valence-electron chi connectivity index (χ1n) is 21.7. The van der Waals surface area contributed by atoms with Gasteiger partial charge in [0.2, 0.25) is 0 Å². The Hall–Kier alpha value is -1.72. The summed E-state index contributed by atoms with van der Waals surface area (Å²) in [7, 11) is 14.8. The molecule has 303 valence electrons. The summed E-state index contributed by atoms with van der Waals surface area (Å²) in [5, 5.41) is 0. The first-order valence-corrected chi connectivity index (χ1v) is 39.5. The molecule has 2 aliphatic rings. The Kier molecular flexibility index (Phi) is 13.1. The van der Waals surface area contributed by atoms with Crippen LogP contribution in [0.4, 0.5) is 0 Å². The van der Waals surface area contributed by atoms with E-state index in [4.69, 9.17) is 0 Å². The Balaban J connectivity index is 1.72. The molecule has 7 heteroatoms. The zero-order chi connectivity index (χ0) is 41.9. The van der Waals surface area contributed by atoms with Gasteiger partial charge in [-0.25, -0.2) is 0 Å². The van der Waals surface area contributed by atoms with Gasteiger partial charge in [-0.2, -0.15) is 0 Å². The molecular formula is C50H69BCl2NSi2Zr. The fourth-order valence-corrected chi connectivity index (χ4v) is 52.9. The van der Waals surface area contributed by atoms with Crippen LogP contribution in [0.25, 0.3) is 34.4 Å². The SMILES string of the molecule is CC(C)CC1=Cc2c(-c3ccccc3C(C)C)cccc2[CH]1[Zr]([Cl])([Cl])([BH]N([Si](C)(C)C)[Si](C)(C)C)[CH]1C(CC(C)C)=Cc2c(-c3ccccc3C(C)C)cccc21. The van der Waals surface area contributed by atoms with Crippen molar-refractivity contribution >= 4 is 50.6 Å². The number of hydrogen-bond acceptors (Lipinski definition) is 1. The van der Waals surface area contributed by atoms with Crippen LogP contribution in [0.2, 0.25) is 39.3 Å². The predicted molar refractivity (Wildman–Crippen MR) is 260 cm³/mol. The average Bonchev–Trinajstić information content (AvgIpc) is 3.68. The van der Waals surface area contributed by atoms with Crippen LogP contribution in [0.15, 0.2) is 96.1 Å². The van der Waals surface area contributed by atoms with E-state index >= 15 is 0 Å². The van der Waals surface area contributed by atoms with E-state index in [0.717, 1.165) is 17.8 Å². The number of allylic oxidation sites excluding steroid dienone is 2. The summed E-state index contributed by atoms with van der Waals surface area (Å²) in [4.78, 5) is 0.814. The molecule has 4 aromatic rings. The first-order chi connectivity index (χ1) is 26.5. The molecule has 2 unspecified atom stereocenters. The van der Waals surface area contributed by atoms with Crippen molar-refractivity contribution in [2.45, 2.75) is 127 Å². The Morgan fingerprint density at radius 1 is 0.526 bits per heavy atom. The molecule has 0 fully saturated rings. The maximum absolute atomic E-state index is 9.28. The van der Waals surface area contributed by atoms with Gasteiger partial charge in [0.05, 0.1) is 0 Å². The van der Waals surface area contributed by atoms with Crippen molar-refractivity contribution in [2.75, 3.05) is 0 Å². The van der Waals surface area contributed by atoms with Crippen LogP contribution in [-0.2, 0) is 16.2 Å². The first kappa shape index (κ1) is 44.8. The van der Waals surface area contributed by atoms with Crippen LogP contribution in [0.5, 0.6) is 0 Å². The van der Waals surface area contributed by atoms with E-state index in [1.54, 1.807) is 0 Å².